The van der Waals surface area contributed by atoms with E-state index < -0.39 is 5.66 Å². The number of hydrogen-bond acceptors (Lipinski definition) is 5. The van der Waals surface area contributed by atoms with Gasteiger partial charge in [-0.1, -0.05) is 12.1 Å². The monoisotopic (exact) mass is 409 g/mol. The first-order valence-corrected chi connectivity index (χ1v) is 10.6. The number of nitrogens with zero attached hydrogens (tertiary/aromatic N) is 3. The Morgan fingerprint density at radius 2 is 2.00 bits per heavy atom. The fourth-order valence-corrected chi connectivity index (χ4v) is 5.04. The molecule has 0 saturated carbocycles. The van der Waals surface area contributed by atoms with Gasteiger partial charge in [0.1, 0.15) is 5.66 Å². The third-order valence-corrected chi connectivity index (χ3v) is 6.74. The van der Waals surface area contributed by atoms with Crippen LogP contribution < -0.4 is 10.6 Å². The zero-order chi connectivity index (χ0) is 20.9. The van der Waals surface area contributed by atoms with Crippen molar-refractivity contribution in [2.24, 2.45) is 0 Å². The third-order valence-electron chi connectivity index (χ3n) is 6.74. The van der Waals surface area contributed by atoms with E-state index in [2.05, 4.69) is 15.7 Å². The van der Waals surface area contributed by atoms with Crippen LogP contribution in [-0.2, 0) is 11.3 Å². The highest BCUT2D eigenvalue weighted by Gasteiger charge is 2.53. The zero-order valence-electron chi connectivity index (χ0n) is 17.4. The van der Waals surface area contributed by atoms with Crippen molar-refractivity contribution in [1.29, 1.82) is 0 Å². The van der Waals surface area contributed by atoms with Crippen LogP contribution in [0.25, 0.3) is 0 Å². The number of aryl methyl sites for hydroxylation is 1. The summed E-state index contributed by atoms with van der Waals surface area (Å²) in [7, 11) is 0. The predicted octanol–water partition coefficient (Wildman–Crippen LogP) is 2.16. The number of piperidine rings is 1. The Kier molecular flexibility index (Phi) is 4.36. The van der Waals surface area contributed by atoms with Crippen molar-refractivity contribution in [1.82, 2.24) is 20.0 Å². The number of benzene rings is 1. The molecule has 8 nitrogen and oxygen atoms in total. The molecule has 2 N–H and O–H groups in total. The van der Waals surface area contributed by atoms with Gasteiger partial charge in [-0.15, -0.1) is 0 Å². The Hall–Kier alpha value is -2.87. The third kappa shape index (κ3) is 2.98. The van der Waals surface area contributed by atoms with Crippen molar-refractivity contribution in [2.75, 3.05) is 25.0 Å². The summed E-state index contributed by atoms with van der Waals surface area (Å²) in [4.78, 5) is 27.5. The molecule has 5 rings (SSSR count). The molecule has 4 heterocycles. The lowest BCUT2D eigenvalue weighted by atomic mass is 9.84. The predicted molar refractivity (Wildman–Crippen MR) is 111 cm³/mol. The summed E-state index contributed by atoms with van der Waals surface area (Å²) in [6.45, 7) is 6.40. The van der Waals surface area contributed by atoms with Gasteiger partial charge in [-0.3, -0.25) is 14.3 Å². The summed E-state index contributed by atoms with van der Waals surface area (Å²) in [5.74, 6) is -0.0335. The van der Waals surface area contributed by atoms with Gasteiger partial charge in [-0.25, -0.2) is 0 Å². The molecule has 1 unspecified atom stereocenters. The number of carbonyl (C=O) groups excluding carboxylic acids is 2. The molecule has 0 bridgehead atoms. The van der Waals surface area contributed by atoms with Gasteiger partial charge in [-0.05, 0) is 38.8 Å². The fraction of sp³-hybridized carbons (Fsp3) is 0.500. The van der Waals surface area contributed by atoms with Crippen molar-refractivity contribution >= 4 is 17.5 Å². The maximum Gasteiger partial charge on any atom is 0.257 e. The second kappa shape index (κ2) is 6.84. The van der Waals surface area contributed by atoms with Crippen molar-refractivity contribution in [2.45, 2.75) is 50.9 Å². The quantitative estimate of drug-likeness (QED) is 0.794. The summed E-state index contributed by atoms with van der Waals surface area (Å²) >= 11 is 0. The molecule has 2 fully saturated rings. The largest absolute Gasteiger partial charge is 0.370 e. The number of ether oxygens (including phenoxy) is 1. The highest BCUT2D eigenvalue weighted by molar-refractivity contribution is 6.02. The second-order valence-corrected chi connectivity index (χ2v) is 8.61. The summed E-state index contributed by atoms with van der Waals surface area (Å²) < 4.78 is 8.13. The minimum absolute atomic E-state index is 0.0350. The van der Waals surface area contributed by atoms with Gasteiger partial charge in [0.15, 0.2) is 0 Å². The SMILES string of the molecule is CCn1ncc(C(=O)N2CCC3(CC2)CC2(CO3)NC(=O)c3ccccc3N2)c1C. The molecule has 30 heavy (non-hydrogen) atoms. The molecule has 3 aliphatic heterocycles. The van der Waals surface area contributed by atoms with E-state index in [1.165, 1.54) is 0 Å². The number of hydrogen-bond donors (Lipinski definition) is 2. The van der Waals surface area contributed by atoms with E-state index >= 15 is 0 Å². The first-order chi connectivity index (χ1) is 14.4. The number of fused-ring (bicyclic) bond motifs is 1. The summed E-state index contributed by atoms with van der Waals surface area (Å²) in [6, 6.07) is 7.55. The number of para-hydroxylation sites is 1. The highest BCUT2D eigenvalue weighted by Crippen LogP contribution is 2.43. The van der Waals surface area contributed by atoms with Crippen LogP contribution in [0.3, 0.4) is 0 Å². The number of aromatic nitrogens is 2. The Bertz CT molecular complexity index is 1010. The minimum Gasteiger partial charge on any atom is -0.370 e. The summed E-state index contributed by atoms with van der Waals surface area (Å²) in [5, 5.41) is 10.9. The van der Waals surface area contributed by atoms with E-state index in [1.807, 2.05) is 47.7 Å². The van der Waals surface area contributed by atoms with E-state index in [0.717, 1.165) is 30.8 Å². The molecular weight excluding hydrogens is 382 g/mol. The van der Waals surface area contributed by atoms with E-state index in [-0.39, 0.29) is 17.4 Å². The molecule has 8 heteroatoms. The van der Waals surface area contributed by atoms with Crippen LogP contribution in [0.4, 0.5) is 5.69 Å². The first-order valence-electron chi connectivity index (χ1n) is 10.6. The van der Waals surface area contributed by atoms with Gasteiger partial charge in [-0.2, -0.15) is 5.10 Å². The van der Waals surface area contributed by atoms with Crippen LogP contribution in [0.5, 0.6) is 0 Å². The topological polar surface area (TPSA) is 88.5 Å². The summed E-state index contributed by atoms with van der Waals surface area (Å²) in [5.41, 5.74) is 2.18. The molecule has 3 aliphatic rings. The molecule has 0 radical (unpaired) electrons. The van der Waals surface area contributed by atoms with Gasteiger partial charge in [0.2, 0.25) is 0 Å². The minimum atomic E-state index is -0.587. The molecule has 1 aromatic carbocycles. The van der Waals surface area contributed by atoms with Crippen molar-refractivity contribution in [3.63, 3.8) is 0 Å². The molecule has 2 aromatic rings. The average Bonchev–Trinajstić information content (AvgIpc) is 3.28. The van der Waals surface area contributed by atoms with Gasteiger partial charge >= 0.3 is 0 Å². The Labute approximate surface area is 175 Å². The molecule has 2 amide bonds. The van der Waals surface area contributed by atoms with Crippen molar-refractivity contribution < 1.29 is 14.3 Å². The number of nitrogens with one attached hydrogen (secondary N) is 2. The lowest BCUT2D eigenvalue weighted by molar-refractivity contribution is -0.0393. The van der Waals surface area contributed by atoms with Crippen molar-refractivity contribution in [3.05, 3.63) is 47.3 Å². The van der Waals surface area contributed by atoms with E-state index in [1.54, 1.807) is 6.20 Å². The summed E-state index contributed by atoms with van der Waals surface area (Å²) in [6.07, 6.45) is 3.86. The first kappa shape index (κ1) is 19.1. The molecule has 1 atom stereocenters. The van der Waals surface area contributed by atoms with Gasteiger partial charge in [0.25, 0.3) is 11.8 Å². The van der Waals surface area contributed by atoms with Crippen LogP contribution in [-0.4, -0.2) is 57.5 Å². The van der Waals surface area contributed by atoms with E-state index in [0.29, 0.717) is 37.2 Å². The molecule has 2 spiro atoms. The van der Waals surface area contributed by atoms with E-state index in [4.69, 9.17) is 4.74 Å². The molecular formula is C22H27N5O3. The maximum absolute atomic E-state index is 13.0. The van der Waals surface area contributed by atoms with Crippen LogP contribution in [0, 0.1) is 6.92 Å². The van der Waals surface area contributed by atoms with Gasteiger partial charge in [0, 0.05) is 37.4 Å². The van der Waals surface area contributed by atoms with Crippen LogP contribution in [0.1, 0.15) is 52.6 Å². The Morgan fingerprint density at radius 3 is 2.73 bits per heavy atom. The number of likely N-dealkylation sites (tertiary alicyclic amines) is 1. The van der Waals surface area contributed by atoms with Crippen LogP contribution in [0.2, 0.25) is 0 Å². The average molecular weight is 409 g/mol. The number of rotatable bonds is 2. The van der Waals surface area contributed by atoms with Gasteiger partial charge < -0.3 is 20.3 Å². The standard InChI is InChI=1S/C22H27N5O3/c1-3-27-15(2)17(12-23-27)20(29)26-10-8-21(9-11-26)13-22(14-30-21)24-18-7-5-4-6-16(18)19(28)25-22/h4-7,12,24H,3,8-11,13-14H2,1-2H3,(H,25,28). The number of carbonyl (C=O) groups is 2. The lowest BCUT2D eigenvalue weighted by Crippen LogP contribution is -2.59. The molecule has 1 aromatic heterocycles. The fourth-order valence-electron chi connectivity index (χ4n) is 5.04. The molecule has 158 valence electrons. The molecule has 0 aliphatic carbocycles. The number of amides is 2. The van der Waals surface area contributed by atoms with Crippen molar-refractivity contribution in [3.8, 4) is 0 Å². The highest BCUT2D eigenvalue weighted by atomic mass is 16.5. The van der Waals surface area contributed by atoms with E-state index in [9.17, 15) is 9.59 Å². The Morgan fingerprint density at radius 1 is 1.23 bits per heavy atom. The Balaban J connectivity index is 1.27. The van der Waals surface area contributed by atoms with Gasteiger partial charge in [0.05, 0.1) is 29.5 Å². The zero-order valence-corrected chi connectivity index (χ0v) is 17.4. The lowest BCUT2D eigenvalue weighted by Gasteiger charge is -2.41. The molecule has 2 saturated heterocycles. The van der Waals surface area contributed by atoms with Crippen LogP contribution in [0.15, 0.2) is 30.5 Å². The smallest absolute Gasteiger partial charge is 0.257 e. The second-order valence-electron chi connectivity index (χ2n) is 8.61. The maximum atomic E-state index is 13.0. The normalized spacial score (nSPS) is 24.6. The number of anilines is 1. The van der Waals surface area contributed by atoms with Crippen LogP contribution >= 0.6 is 0 Å².